The molecular formula is C25H29N3O5. The molecule has 1 aliphatic rings. The van der Waals surface area contributed by atoms with Gasteiger partial charge in [0.1, 0.15) is 11.5 Å². The number of nitrogens with one attached hydrogen (secondary N) is 1. The molecule has 0 unspecified atom stereocenters. The van der Waals surface area contributed by atoms with Crippen molar-refractivity contribution in [3.05, 3.63) is 65.9 Å². The summed E-state index contributed by atoms with van der Waals surface area (Å²) in [6.45, 7) is 5.94. The molecule has 1 aromatic heterocycles. The van der Waals surface area contributed by atoms with E-state index >= 15 is 0 Å². The highest BCUT2D eigenvalue weighted by Crippen LogP contribution is 2.25. The second-order valence-electron chi connectivity index (χ2n) is 7.68. The third-order valence-electron chi connectivity index (χ3n) is 5.64. The van der Waals surface area contributed by atoms with Gasteiger partial charge in [0.05, 0.1) is 33.0 Å². The lowest BCUT2D eigenvalue weighted by Gasteiger charge is -2.34. The van der Waals surface area contributed by atoms with Crippen LogP contribution in [0.4, 0.5) is 0 Å². The number of aromatic nitrogens is 1. The lowest BCUT2D eigenvalue weighted by molar-refractivity contribution is 0.0162. The fourth-order valence-electron chi connectivity index (χ4n) is 3.85. The average Bonchev–Trinajstić information content (AvgIpc) is 3.36. The molecule has 1 N–H and O–H groups in total. The number of benzene rings is 2. The van der Waals surface area contributed by atoms with Crippen LogP contribution >= 0.6 is 0 Å². The van der Waals surface area contributed by atoms with Crippen LogP contribution in [0.1, 0.15) is 29.0 Å². The van der Waals surface area contributed by atoms with E-state index in [-0.39, 0.29) is 17.6 Å². The average molecular weight is 452 g/mol. The van der Waals surface area contributed by atoms with E-state index in [4.69, 9.17) is 18.7 Å². The molecule has 0 radical (unpaired) electrons. The van der Waals surface area contributed by atoms with Crippen molar-refractivity contribution in [3.63, 3.8) is 0 Å². The highest BCUT2D eigenvalue weighted by Gasteiger charge is 2.24. The molecule has 1 aliphatic heterocycles. The lowest BCUT2D eigenvalue weighted by atomic mass is 10.0. The number of carbonyl (C=O) groups excluding carboxylic acids is 1. The summed E-state index contributed by atoms with van der Waals surface area (Å²) in [6.07, 6.45) is 0. The molecule has 1 amide bonds. The van der Waals surface area contributed by atoms with E-state index < -0.39 is 0 Å². The number of hydrogen-bond donors (Lipinski definition) is 1. The summed E-state index contributed by atoms with van der Waals surface area (Å²) >= 11 is 0. The van der Waals surface area contributed by atoms with Crippen molar-refractivity contribution < 1.29 is 23.5 Å². The number of ether oxygens (including phenoxy) is 3. The minimum absolute atomic E-state index is 0.0150. The topological polar surface area (TPSA) is 86.1 Å². The summed E-state index contributed by atoms with van der Waals surface area (Å²) in [5, 5.41) is 6.99. The van der Waals surface area contributed by atoms with Gasteiger partial charge in [0.15, 0.2) is 11.5 Å². The van der Waals surface area contributed by atoms with E-state index in [0.717, 1.165) is 35.7 Å². The number of rotatable bonds is 9. The molecule has 3 aromatic rings. The zero-order valence-corrected chi connectivity index (χ0v) is 19.0. The second-order valence-corrected chi connectivity index (χ2v) is 7.68. The molecule has 0 bridgehead atoms. The Hall–Kier alpha value is -3.36. The van der Waals surface area contributed by atoms with E-state index in [2.05, 4.69) is 15.4 Å². The van der Waals surface area contributed by atoms with Crippen molar-refractivity contribution in [2.24, 2.45) is 0 Å². The smallest absolute Gasteiger partial charge is 0.273 e. The largest absolute Gasteiger partial charge is 0.497 e. The van der Waals surface area contributed by atoms with Gasteiger partial charge in [0.25, 0.3) is 5.91 Å². The van der Waals surface area contributed by atoms with Gasteiger partial charge in [-0.1, -0.05) is 17.3 Å². The zero-order chi connectivity index (χ0) is 23.0. The van der Waals surface area contributed by atoms with Gasteiger partial charge >= 0.3 is 0 Å². The zero-order valence-electron chi connectivity index (χ0n) is 19.0. The van der Waals surface area contributed by atoms with Gasteiger partial charge in [-0.3, -0.25) is 9.69 Å². The molecule has 33 heavy (non-hydrogen) atoms. The van der Waals surface area contributed by atoms with Crippen LogP contribution in [0.5, 0.6) is 11.5 Å². The molecule has 8 heteroatoms. The standard InChI is InChI=1S/C25H29N3O5/c1-3-32-21-10-6-19(7-11-21)24-16-22(27-33-24)25(29)26-17-23(28-12-14-31-15-13-28)18-4-8-20(30-2)9-5-18/h4-11,16,23H,3,12-15,17H2,1-2H3,(H,26,29)/t23-/m1/s1. The van der Waals surface area contributed by atoms with Gasteiger partial charge in [0.2, 0.25) is 0 Å². The molecule has 0 aliphatic carbocycles. The molecule has 2 aromatic carbocycles. The van der Waals surface area contributed by atoms with Gasteiger partial charge < -0.3 is 24.1 Å². The fraction of sp³-hybridized carbons (Fsp3) is 0.360. The van der Waals surface area contributed by atoms with Crippen LogP contribution in [0.25, 0.3) is 11.3 Å². The number of nitrogens with zero attached hydrogens (tertiary/aromatic N) is 2. The maximum Gasteiger partial charge on any atom is 0.273 e. The summed E-state index contributed by atoms with van der Waals surface area (Å²) < 4.78 is 21.7. The number of carbonyl (C=O) groups is 1. The summed E-state index contributed by atoms with van der Waals surface area (Å²) in [7, 11) is 1.65. The number of methoxy groups -OCH3 is 1. The Morgan fingerprint density at radius 3 is 2.45 bits per heavy atom. The van der Waals surface area contributed by atoms with Crippen LogP contribution in [-0.2, 0) is 4.74 Å². The Balaban J connectivity index is 1.43. The number of morpholine rings is 1. The van der Waals surface area contributed by atoms with Crippen LogP contribution < -0.4 is 14.8 Å². The molecule has 0 spiro atoms. The summed E-state index contributed by atoms with van der Waals surface area (Å²) in [5.74, 6) is 1.84. The molecule has 4 rings (SSSR count). The Morgan fingerprint density at radius 2 is 1.79 bits per heavy atom. The van der Waals surface area contributed by atoms with Gasteiger partial charge in [-0.25, -0.2) is 0 Å². The van der Waals surface area contributed by atoms with Crippen molar-refractivity contribution in [2.45, 2.75) is 13.0 Å². The number of hydrogen-bond acceptors (Lipinski definition) is 7. The van der Waals surface area contributed by atoms with E-state index in [9.17, 15) is 4.79 Å². The summed E-state index contributed by atoms with van der Waals surface area (Å²) in [4.78, 5) is 15.1. The maximum absolute atomic E-state index is 12.8. The first-order valence-electron chi connectivity index (χ1n) is 11.1. The maximum atomic E-state index is 12.8. The quantitative estimate of drug-likeness (QED) is 0.532. The van der Waals surface area contributed by atoms with Crippen molar-refractivity contribution >= 4 is 5.91 Å². The molecule has 0 saturated carbocycles. The third kappa shape index (κ3) is 5.71. The Labute approximate surface area is 193 Å². The fourth-order valence-corrected chi connectivity index (χ4v) is 3.85. The lowest BCUT2D eigenvalue weighted by Crippen LogP contribution is -2.43. The number of amides is 1. The van der Waals surface area contributed by atoms with Gasteiger partial charge in [0, 0.05) is 31.3 Å². The van der Waals surface area contributed by atoms with Crippen LogP contribution in [0, 0.1) is 0 Å². The van der Waals surface area contributed by atoms with E-state index in [0.29, 0.717) is 32.1 Å². The molecule has 2 heterocycles. The summed E-state index contributed by atoms with van der Waals surface area (Å²) in [5.41, 5.74) is 2.18. The first kappa shape index (κ1) is 22.8. The first-order valence-corrected chi connectivity index (χ1v) is 11.1. The molecule has 174 valence electrons. The second kappa shape index (κ2) is 11.0. The monoisotopic (exact) mass is 451 g/mol. The van der Waals surface area contributed by atoms with Gasteiger partial charge in [-0.05, 0) is 48.9 Å². The molecule has 1 saturated heterocycles. The summed E-state index contributed by atoms with van der Waals surface area (Å²) in [6, 6.07) is 17.1. The Morgan fingerprint density at radius 1 is 1.09 bits per heavy atom. The van der Waals surface area contributed by atoms with Crippen LogP contribution in [-0.4, -0.2) is 62.5 Å². The van der Waals surface area contributed by atoms with Crippen molar-refractivity contribution in [1.29, 1.82) is 0 Å². The minimum atomic E-state index is -0.275. The SMILES string of the molecule is CCOc1ccc(-c2cc(C(=O)NC[C@H](c3ccc(OC)cc3)N3CCOCC3)no2)cc1. The van der Waals surface area contributed by atoms with Crippen molar-refractivity contribution in [1.82, 2.24) is 15.4 Å². The predicted molar refractivity (Wildman–Crippen MR) is 124 cm³/mol. The third-order valence-corrected chi connectivity index (χ3v) is 5.64. The van der Waals surface area contributed by atoms with Crippen LogP contribution in [0.2, 0.25) is 0 Å². The highest BCUT2D eigenvalue weighted by molar-refractivity contribution is 5.93. The molecule has 1 atom stereocenters. The first-order chi connectivity index (χ1) is 16.2. The Kier molecular flexibility index (Phi) is 7.59. The normalized spacial score (nSPS) is 15.1. The van der Waals surface area contributed by atoms with Gasteiger partial charge in [-0.2, -0.15) is 0 Å². The van der Waals surface area contributed by atoms with Crippen LogP contribution in [0.3, 0.4) is 0 Å². The molecule has 1 fully saturated rings. The molecule has 8 nitrogen and oxygen atoms in total. The van der Waals surface area contributed by atoms with Crippen molar-refractivity contribution in [2.75, 3.05) is 46.6 Å². The Bertz CT molecular complexity index is 1030. The minimum Gasteiger partial charge on any atom is -0.497 e. The van der Waals surface area contributed by atoms with Crippen molar-refractivity contribution in [3.8, 4) is 22.8 Å². The van der Waals surface area contributed by atoms with Gasteiger partial charge in [-0.15, -0.1) is 0 Å². The van der Waals surface area contributed by atoms with E-state index in [1.54, 1.807) is 13.2 Å². The molecular weight excluding hydrogens is 422 g/mol. The van der Waals surface area contributed by atoms with E-state index in [1.165, 1.54) is 0 Å². The van der Waals surface area contributed by atoms with Crippen LogP contribution in [0.15, 0.2) is 59.1 Å². The van der Waals surface area contributed by atoms with E-state index in [1.807, 2.05) is 55.5 Å². The highest BCUT2D eigenvalue weighted by atomic mass is 16.5. The predicted octanol–water partition coefficient (Wildman–Crippen LogP) is 3.55.